The van der Waals surface area contributed by atoms with Gasteiger partial charge in [-0.1, -0.05) is 30.0 Å². The summed E-state index contributed by atoms with van der Waals surface area (Å²) < 4.78 is 21.2. The number of carbonyl (C=O) groups excluding carboxylic acids is 2. The smallest absolute Gasteiger partial charge is 0.253 e. The van der Waals surface area contributed by atoms with Crippen LogP contribution in [-0.4, -0.2) is 64.7 Å². The number of thioether (sulfide) groups is 1. The molecule has 0 radical (unpaired) electrons. The van der Waals surface area contributed by atoms with E-state index in [4.69, 9.17) is 4.74 Å². The van der Waals surface area contributed by atoms with Crippen molar-refractivity contribution in [2.45, 2.75) is 24.0 Å². The molecule has 0 atom stereocenters. The molecule has 0 spiro atoms. The number of nitrogens with one attached hydrogen (secondary N) is 2. The number of morpholine rings is 1. The molecule has 0 unspecified atom stereocenters. The second-order valence-corrected chi connectivity index (χ2v) is 9.27. The Labute approximate surface area is 206 Å². The lowest BCUT2D eigenvalue weighted by Crippen LogP contribution is -2.37. The number of rotatable bonds is 8. The fraction of sp³-hybridized carbons (Fsp3) is 0.333. The molecule has 182 valence electrons. The van der Waals surface area contributed by atoms with Crippen LogP contribution in [0.15, 0.2) is 53.7 Å². The summed E-state index contributed by atoms with van der Waals surface area (Å²) in [5.74, 6) is -0.252. The zero-order chi connectivity index (χ0) is 24.2. The zero-order valence-electron chi connectivity index (χ0n) is 18.9. The van der Waals surface area contributed by atoms with Gasteiger partial charge in [-0.15, -0.1) is 10.2 Å². The van der Waals surface area contributed by atoms with Gasteiger partial charge in [0.15, 0.2) is 5.16 Å². The Balaban J connectivity index is 1.32. The van der Waals surface area contributed by atoms with E-state index < -0.39 is 0 Å². The molecule has 9 nitrogen and oxygen atoms in total. The molecular weight excluding hydrogens is 471 g/mol. The highest BCUT2D eigenvalue weighted by Crippen LogP contribution is 2.28. The number of benzene rings is 2. The van der Waals surface area contributed by atoms with Gasteiger partial charge >= 0.3 is 0 Å². The van der Waals surface area contributed by atoms with Gasteiger partial charge in [-0.25, -0.2) is 4.39 Å². The van der Waals surface area contributed by atoms with Gasteiger partial charge in [0.1, 0.15) is 5.82 Å². The Morgan fingerprint density at radius 3 is 2.66 bits per heavy atom. The maximum Gasteiger partial charge on any atom is 0.253 e. The minimum Gasteiger partial charge on any atom is -0.378 e. The Bertz CT molecular complexity index is 1230. The summed E-state index contributed by atoms with van der Waals surface area (Å²) in [5, 5.41) is 14.9. The average Bonchev–Trinajstić information content (AvgIpc) is 3.58. The molecule has 35 heavy (non-hydrogen) atoms. The van der Waals surface area contributed by atoms with Gasteiger partial charge in [-0.3, -0.25) is 14.2 Å². The molecule has 5 rings (SSSR count). The first-order valence-corrected chi connectivity index (χ1v) is 12.4. The van der Waals surface area contributed by atoms with Gasteiger partial charge in [0.05, 0.1) is 35.9 Å². The fourth-order valence-corrected chi connectivity index (χ4v) is 4.51. The van der Waals surface area contributed by atoms with Gasteiger partial charge in [-0.05, 0) is 43.2 Å². The third-order valence-corrected chi connectivity index (χ3v) is 6.60. The number of aromatic nitrogens is 3. The van der Waals surface area contributed by atoms with Crippen LogP contribution in [0.25, 0.3) is 5.69 Å². The van der Waals surface area contributed by atoms with Crippen molar-refractivity contribution in [2.75, 3.05) is 42.3 Å². The number of hydrogen-bond donors (Lipinski definition) is 2. The first-order valence-electron chi connectivity index (χ1n) is 11.4. The average molecular weight is 497 g/mol. The topological polar surface area (TPSA) is 101 Å². The molecule has 1 saturated heterocycles. The van der Waals surface area contributed by atoms with Crippen LogP contribution >= 0.6 is 11.8 Å². The predicted molar refractivity (Wildman–Crippen MR) is 131 cm³/mol. The lowest BCUT2D eigenvalue weighted by Gasteiger charge is -2.27. The van der Waals surface area contributed by atoms with Crippen LogP contribution in [0.5, 0.6) is 0 Å². The number of hydrogen-bond acceptors (Lipinski definition) is 7. The SMILES string of the molecule is O=C(CSc1nnc(N2CCOCC2)n1-c1cccc(F)c1)Nc1ccccc1C(=O)NC1CC1. The van der Waals surface area contributed by atoms with Gasteiger partial charge in [0, 0.05) is 19.1 Å². The molecule has 3 aromatic rings. The molecule has 1 aliphatic carbocycles. The van der Waals surface area contributed by atoms with E-state index in [1.54, 1.807) is 41.0 Å². The first kappa shape index (κ1) is 23.3. The maximum absolute atomic E-state index is 14.0. The van der Waals surface area contributed by atoms with Crippen LogP contribution in [0, 0.1) is 5.82 Å². The highest BCUT2D eigenvalue weighted by molar-refractivity contribution is 7.99. The van der Waals surface area contributed by atoms with Crippen LogP contribution in [0.4, 0.5) is 16.0 Å². The molecule has 1 aliphatic heterocycles. The van der Waals surface area contributed by atoms with Crippen LogP contribution in [0.3, 0.4) is 0 Å². The predicted octanol–water partition coefficient (Wildman–Crippen LogP) is 2.87. The molecular formula is C24H25FN6O3S. The maximum atomic E-state index is 14.0. The van der Waals surface area contributed by atoms with E-state index in [0.717, 1.165) is 12.8 Å². The molecule has 2 aromatic carbocycles. The number of amides is 2. The zero-order valence-corrected chi connectivity index (χ0v) is 19.8. The van der Waals surface area contributed by atoms with E-state index in [-0.39, 0.29) is 29.4 Å². The molecule has 2 heterocycles. The highest BCUT2D eigenvalue weighted by Gasteiger charge is 2.25. The van der Waals surface area contributed by atoms with Crippen molar-refractivity contribution in [3.05, 3.63) is 59.9 Å². The van der Waals surface area contributed by atoms with E-state index in [9.17, 15) is 14.0 Å². The Morgan fingerprint density at radius 1 is 1.09 bits per heavy atom. The van der Waals surface area contributed by atoms with Crippen molar-refractivity contribution < 1.29 is 18.7 Å². The second-order valence-electron chi connectivity index (χ2n) is 8.33. The van der Waals surface area contributed by atoms with Crippen molar-refractivity contribution in [2.24, 2.45) is 0 Å². The third kappa shape index (κ3) is 5.63. The number of carbonyl (C=O) groups is 2. The van der Waals surface area contributed by atoms with E-state index in [0.29, 0.717) is 54.3 Å². The highest BCUT2D eigenvalue weighted by atomic mass is 32.2. The summed E-state index contributed by atoms with van der Waals surface area (Å²) in [6.07, 6.45) is 1.96. The molecule has 1 aromatic heterocycles. The van der Waals surface area contributed by atoms with Crippen LogP contribution in [0.1, 0.15) is 23.2 Å². The summed E-state index contributed by atoms with van der Waals surface area (Å²) in [5.41, 5.74) is 1.45. The van der Waals surface area contributed by atoms with E-state index in [1.807, 2.05) is 4.90 Å². The summed E-state index contributed by atoms with van der Waals surface area (Å²) in [7, 11) is 0. The number of nitrogens with zero attached hydrogens (tertiary/aromatic N) is 4. The van der Waals surface area contributed by atoms with Crippen molar-refractivity contribution >= 4 is 35.2 Å². The lowest BCUT2D eigenvalue weighted by molar-refractivity contribution is -0.113. The van der Waals surface area contributed by atoms with Gasteiger partial charge < -0.3 is 20.3 Å². The summed E-state index contributed by atoms with van der Waals surface area (Å²) in [6.45, 7) is 2.40. The molecule has 11 heteroatoms. The van der Waals surface area contributed by atoms with Crippen LogP contribution in [0.2, 0.25) is 0 Å². The van der Waals surface area contributed by atoms with Gasteiger partial charge in [0.2, 0.25) is 11.9 Å². The second kappa shape index (κ2) is 10.4. The Hall–Kier alpha value is -3.44. The number of halogens is 1. The van der Waals surface area contributed by atoms with E-state index in [1.165, 1.54) is 23.9 Å². The van der Waals surface area contributed by atoms with Crippen molar-refractivity contribution in [3.8, 4) is 5.69 Å². The molecule has 2 aliphatic rings. The minimum atomic E-state index is -0.376. The molecule has 2 N–H and O–H groups in total. The molecule has 1 saturated carbocycles. The Kier molecular flexibility index (Phi) is 6.96. The Morgan fingerprint density at radius 2 is 1.89 bits per heavy atom. The lowest BCUT2D eigenvalue weighted by atomic mass is 10.1. The van der Waals surface area contributed by atoms with Gasteiger partial charge in [0.25, 0.3) is 5.91 Å². The number of ether oxygens (including phenoxy) is 1. The molecule has 2 fully saturated rings. The summed E-state index contributed by atoms with van der Waals surface area (Å²) >= 11 is 1.19. The van der Waals surface area contributed by atoms with Crippen LogP contribution in [-0.2, 0) is 9.53 Å². The van der Waals surface area contributed by atoms with Crippen molar-refractivity contribution in [1.29, 1.82) is 0 Å². The first-order chi connectivity index (χ1) is 17.1. The minimum absolute atomic E-state index is 0.0368. The number of para-hydroxylation sites is 1. The molecule has 0 bridgehead atoms. The van der Waals surface area contributed by atoms with Crippen LogP contribution < -0.4 is 15.5 Å². The van der Waals surface area contributed by atoms with Gasteiger partial charge in [-0.2, -0.15) is 0 Å². The molecule has 2 amide bonds. The quantitative estimate of drug-likeness (QED) is 0.463. The fourth-order valence-electron chi connectivity index (χ4n) is 3.76. The normalized spacial score (nSPS) is 15.6. The summed E-state index contributed by atoms with van der Waals surface area (Å²) in [6, 6.07) is 13.3. The van der Waals surface area contributed by atoms with Crippen molar-refractivity contribution in [1.82, 2.24) is 20.1 Å². The third-order valence-electron chi connectivity index (χ3n) is 5.67. The largest absolute Gasteiger partial charge is 0.378 e. The monoisotopic (exact) mass is 496 g/mol. The number of anilines is 2. The van der Waals surface area contributed by atoms with Crippen molar-refractivity contribution in [3.63, 3.8) is 0 Å². The summed E-state index contributed by atoms with van der Waals surface area (Å²) in [4.78, 5) is 27.4. The standard InChI is InChI=1S/C24H25FN6O3S/c25-16-4-3-5-18(14-16)31-23(30-10-12-34-13-11-30)28-29-24(31)35-15-21(32)27-20-7-2-1-6-19(20)22(33)26-17-8-9-17/h1-7,14,17H,8-13,15H2,(H,26,33)(H,27,32). The van der Waals surface area contributed by atoms with E-state index in [2.05, 4.69) is 20.8 Å². The van der Waals surface area contributed by atoms with E-state index >= 15 is 0 Å².